The molecule has 0 spiro atoms. The van der Waals surface area contributed by atoms with Crippen molar-refractivity contribution in [3.63, 3.8) is 0 Å². The molecule has 2 heteroatoms. The molecule has 178 valence electrons. The van der Waals surface area contributed by atoms with Crippen molar-refractivity contribution < 1.29 is 9.59 Å². The first kappa shape index (κ1) is 29.3. The third kappa shape index (κ3) is 23.6. The fourth-order valence-corrected chi connectivity index (χ4v) is 4.31. The highest BCUT2D eigenvalue weighted by Gasteiger charge is 2.09. The van der Waals surface area contributed by atoms with Crippen molar-refractivity contribution in [1.29, 1.82) is 0 Å². The lowest BCUT2D eigenvalue weighted by Gasteiger charge is -2.10. The molecule has 0 aromatic heterocycles. The van der Waals surface area contributed by atoms with Crippen LogP contribution >= 0.6 is 0 Å². The Morgan fingerprint density at radius 1 is 0.600 bits per heavy atom. The van der Waals surface area contributed by atoms with Crippen molar-refractivity contribution in [3.8, 4) is 0 Å². The summed E-state index contributed by atoms with van der Waals surface area (Å²) in [4.78, 5) is 22.4. The number of Topliss-reactive ketones (excluding diaryl/α,β-unsaturated/α-hetero) is 1. The largest absolute Gasteiger partial charge is 0.303 e. The second kappa shape index (κ2) is 23.0. The Balaban J connectivity index is 3.33. The van der Waals surface area contributed by atoms with Crippen LogP contribution in [-0.2, 0) is 9.59 Å². The molecular formula is C28H54O2. The molecule has 0 heterocycles. The van der Waals surface area contributed by atoms with Gasteiger partial charge >= 0.3 is 0 Å². The van der Waals surface area contributed by atoms with Crippen LogP contribution in [-0.4, -0.2) is 12.1 Å². The van der Waals surface area contributed by atoms with Crippen molar-refractivity contribution in [2.75, 3.05) is 0 Å². The Labute approximate surface area is 189 Å². The van der Waals surface area contributed by atoms with E-state index in [0.29, 0.717) is 11.7 Å². The maximum atomic E-state index is 12.2. The molecule has 0 aromatic rings. The van der Waals surface area contributed by atoms with Gasteiger partial charge in [0.25, 0.3) is 0 Å². The predicted molar refractivity (Wildman–Crippen MR) is 132 cm³/mol. The van der Waals surface area contributed by atoms with Crippen LogP contribution in [0.1, 0.15) is 156 Å². The molecule has 0 aliphatic carbocycles. The molecule has 30 heavy (non-hydrogen) atoms. The van der Waals surface area contributed by atoms with Gasteiger partial charge in [-0.05, 0) is 24.7 Å². The average Bonchev–Trinajstić information content (AvgIpc) is 2.70. The van der Waals surface area contributed by atoms with Gasteiger partial charge in [0.15, 0.2) is 0 Å². The Kier molecular flexibility index (Phi) is 22.5. The number of ketones is 1. The number of aldehydes is 1. The maximum Gasteiger partial charge on any atom is 0.133 e. The Bertz CT molecular complexity index is 375. The molecule has 0 amide bonds. The van der Waals surface area contributed by atoms with Gasteiger partial charge in [-0.2, -0.15) is 0 Å². The summed E-state index contributed by atoms with van der Waals surface area (Å²) in [5.41, 5.74) is 0. The number of hydrogen-bond acceptors (Lipinski definition) is 2. The second-order valence-corrected chi connectivity index (χ2v) is 10.2. The molecule has 0 aliphatic rings. The lowest BCUT2D eigenvalue weighted by molar-refractivity contribution is -0.120. The van der Waals surface area contributed by atoms with Gasteiger partial charge in [-0.25, -0.2) is 0 Å². The monoisotopic (exact) mass is 422 g/mol. The molecule has 0 saturated heterocycles. The summed E-state index contributed by atoms with van der Waals surface area (Å²) in [7, 11) is 0. The quantitative estimate of drug-likeness (QED) is 0.115. The van der Waals surface area contributed by atoms with Crippen LogP contribution in [0.25, 0.3) is 0 Å². The van der Waals surface area contributed by atoms with Crippen LogP contribution in [0, 0.1) is 11.8 Å². The number of hydrogen-bond donors (Lipinski definition) is 0. The molecule has 1 atom stereocenters. The summed E-state index contributed by atoms with van der Waals surface area (Å²) in [6.07, 6.45) is 26.6. The highest BCUT2D eigenvalue weighted by atomic mass is 16.1. The number of carbonyl (C=O) groups excluding carboxylic acids is 2. The number of carbonyl (C=O) groups is 2. The molecule has 0 saturated carbocycles. The van der Waals surface area contributed by atoms with E-state index in [-0.39, 0.29) is 0 Å². The van der Waals surface area contributed by atoms with Gasteiger partial charge < -0.3 is 4.79 Å². The van der Waals surface area contributed by atoms with Gasteiger partial charge in [0.1, 0.15) is 12.1 Å². The Morgan fingerprint density at radius 2 is 1.03 bits per heavy atom. The minimum Gasteiger partial charge on any atom is -0.303 e. The maximum absolute atomic E-state index is 12.2. The summed E-state index contributed by atoms with van der Waals surface area (Å²) in [5.74, 6) is 1.91. The summed E-state index contributed by atoms with van der Waals surface area (Å²) < 4.78 is 0. The van der Waals surface area contributed by atoms with Crippen LogP contribution in [0.4, 0.5) is 0 Å². The van der Waals surface area contributed by atoms with Crippen molar-refractivity contribution in [1.82, 2.24) is 0 Å². The van der Waals surface area contributed by atoms with Gasteiger partial charge in [-0.15, -0.1) is 0 Å². The minimum atomic E-state index is 0.492. The Hall–Kier alpha value is -0.660. The van der Waals surface area contributed by atoms with Crippen molar-refractivity contribution in [2.45, 2.75) is 156 Å². The zero-order valence-corrected chi connectivity index (χ0v) is 20.9. The molecule has 2 nitrogen and oxygen atoms in total. The van der Waals surface area contributed by atoms with Gasteiger partial charge in [-0.3, -0.25) is 4.79 Å². The molecule has 0 radical (unpaired) electrons. The lowest BCUT2D eigenvalue weighted by atomic mass is 9.95. The molecule has 0 N–H and O–H groups in total. The van der Waals surface area contributed by atoms with E-state index in [1.807, 2.05) is 0 Å². The molecule has 1 unspecified atom stereocenters. The molecule has 0 rings (SSSR count). The summed E-state index contributed by atoms with van der Waals surface area (Å²) >= 11 is 0. The fourth-order valence-electron chi connectivity index (χ4n) is 4.31. The third-order valence-corrected chi connectivity index (χ3v) is 6.33. The van der Waals surface area contributed by atoms with Crippen LogP contribution in [0.2, 0.25) is 0 Å². The van der Waals surface area contributed by atoms with Crippen molar-refractivity contribution in [3.05, 3.63) is 0 Å². The van der Waals surface area contributed by atoms with Crippen LogP contribution in [0.3, 0.4) is 0 Å². The van der Waals surface area contributed by atoms with E-state index in [1.54, 1.807) is 0 Å². The smallest absolute Gasteiger partial charge is 0.133 e. The van der Waals surface area contributed by atoms with Crippen LogP contribution in [0.15, 0.2) is 0 Å². The first-order valence-corrected chi connectivity index (χ1v) is 13.5. The topological polar surface area (TPSA) is 34.1 Å². The molecule has 0 aromatic carbocycles. The van der Waals surface area contributed by atoms with E-state index in [0.717, 1.165) is 44.3 Å². The fraction of sp³-hybridized carbons (Fsp3) is 0.929. The summed E-state index contributed by atoms with van der Waals surface area (Å²) in [5, 5.41) is 0. The first-order chi connectivity index (χ1) is 14.6. The zero-order valence-electron chi connectivity index (χ0n) is 20.9. The number of unbranched alkanes of at least 4 members (excludes halogenated alkanes) is 15. The van der Waals surface area contributed by atoms with Gasteiger partial charge in [-0.1, -0.05) is 124 Å². The molecule has 0 fully saturated rings. The van der Waals surface area contributed by atoms with Crippen LogP contribution < -0.4 is 0 Å². The predicted octanol–water partition coefficient (Wildman–Crippen LogP) is 9.24. The second-order valence-electron chi connectivity index (χ2n) is 10.2. The van der Waals surface area contributed by atoms with Gasteiger partial charge in [0, 0.05) is 19.3 Å². The SMILES string of the molecule is CC(C)CCCCCCCCCCC(=O)CC(C)CCCCCCCCCCC=O. The lowest BCUT2D eigenvalue weighted by Crippen LogP contribution is -2.05. The van der Waals surface area contributed by atoms with Crippen LogP contribution in [0.5, 0.6) is 0 Å². The third-order valence-electron chi connectivity index (χ3n) is 6.33. The van der Waals surface area contributed by atoms with Gasteiger partial charge in [0.05, 0.1) is 0 Å². The van der Waals surface area contributed by atoms with E-state index < -0.39 is 0 Å². The molecular weight excluding hydrogens is 368 g/mol. The average molecular weight is 423 g/mol. The minimum absolute atomic E-state index is 0.492. The zero-order chi connectivity index (χ0) is 22.3. The van der Waals surface area contributed by atoms with E-state index in [2.05, 4.69) is 20.8 Å². The number of rotatable bonds is 24. The summed E-state index contributed by atoms with van der Waals surface area (Å²) in [6, 6.07) is 0. The normalized spacial score (nSPS) is 12.4. The summed E-state index contributed by atoms with van der Waals surface area (Å²) in [6.45, 7) is 6.88. The highest BCUT2D eigenvalue weighted by Crippen LogP contribution is 2.18. The van der Waals surface area contributed by atoms with Crippen molar-refractivity contribution in [2.24, 2.45) is 11.8 Å². The molecule has 0 bridgehead atoms. The highest BCUT2D eigenvalue weighted by molar-refractivity contribution is 5.78. The van der Waals surface area contributed by atoms with E-state index in [1.165, 1.54) is 103 Å². The van der Waals surface area contributed by atoms with Crippen molar-refractivity contribution >= 4 is 12.1 Å². The Morgan fingerprint density at radius 3 is 1.53 bits per heavy atom. The van der Waals surface area contributed by atoms with E-state index >= 15 is 0 Å². The van der Waals surface area contributed by atoms with Gasteiger partial charge in [0.2, 0.25) is 0 Å². The van der Waals surface area contributed by atoms with E-state index in [4.69, 9.17) is 0 Å². The first-order valence-electron chi connectivity index (χ1n) is 13.5. The van der Waals surface area contributed by atoms with E-state index in [9.17, 15) is 9.59 Å². The standard InChI is InChI=1S/C28H54O2/c1-26(2)21-17-13-9-6-7-11-15-19-23-28(30)25-27(3)22-18-14-10-5-4-8-12-16-20-24-29/h24,26-27H,4-23,25H2,1-3H3. The molecule has 0 aliphatic heterocycles.